The van der Waals surface area contributed by atoms with E-state index in [9.17, 15) is 9.59 Å². The highest BCUT2D eigenvalue weighted by Gasteiger charge is 2.35. The van der Waals surface area contributed by atoms with E-state index in [1.165, 1.54) is 21.1 Å². The molecule has 1 amide bonds. The van der Waals surface area contributed by atoms with Crippen molar-refractivity contribution in [2.45, 2.75) is 19.3 Å². The molecule has 1 unspecified atom stereocenters. The van der Waals surface area contributed by atoms with Crippen LogP contribution >= 0.6 is 0 Å². The molecule has 0 radical (unpaired) electrons. The Morgan fingerprint density at radius 1 is 1.35 bits per heavy atom. The lowest BCUT2D eigenvalue weighted by Crippen LogP contribution is -2.27. The number of carboxylic acids is 1. The van der Waals surface area contributed by atoms with Crippen LogP contribution in [0.1, 0.15) is 24.8 Å². The molecule has 0 saturated carbocycles. The fourth-order valence-electron chi connectivity index (χ4n) is 2.56. The number of carboxylic acid groups (broad SMARTS) is 1. The molecule has 1 atom stereocenters. The second kappa shape index (κ2) is 5.40. The quantitative estimate of drug-likeness (QED) is 0.906. The molecule has 6 nitrogen and oxygen atoms in total. The number of hydrogen-bond donors (Lipinski definition) is 1. The van der Waals surface area contributed by atoms with Gasteiger partial charge in [0.15, 0.2) is 0 Å². The van der Waals surface area contributed by atoms with Crippen molar-refractivity contribution in [3.8, 4) is 11.5 Å². The normalized spacial score (nSPS) is 16.8. The minimum atomic E-state index is -0.895. The number of benzene rings is 1. The van der Waals surface area contributed by atoms with E-state index in [0.29, 0.717) is 23.7 Å². The summed E-state index contributed by atoms with van der Waals surface area (Å²) in [6, 6.07) is 3.46. The van der Waals surface area contributed by atoms with Gasteiger partial charge in [-0.25, -0.2) is 0 Å². The van der Waals surface area contributed by atoms with Crippen molar-refractivity contribution >= 4 is 17.6 Å². The largest absolute Gasteiger partial charge is 0.497 e. The van der Waals surface area contributed by atoms with E-state index in [2.05, 4.69) is 0 Å². The fraction of sp³-hybridized carbons (Fsp3) is 0.429. The number of hydrogen-bond acceptors (Lipinski definition) is 4. The van der Waals surface area contributed by atoms with Crippen molar-refractivity contribution in [3.05, 3.63) is 17.7 Å². The highest BCUT2D eigenvalue weighted by molar-refractivity contribution is 5.96. The van der Waals surface area contributed by atoms with Gasteiger partial charge in [0, 0.05) is 25.5 Å². The number of fused-ring (bicyclic) bond motifs is 1. The Morgan fingerprint density at radius 2 is 2.05 bits per heavy atom. The molecule has 2 rings (SSSR count). The Balaban J connectivity index is 2.55. The summed E-state index contributed by atoms with van der Waals surface area (Å²) in [5.41, 5.74) is 1.42. The minimum absolute atomic E-state index is 0.0346. The van der Waals surface area contributed by atoms with Crippen LogP contribution in [0.15, 0.2) is 12.1 Å². The molecule has 1 aromatic rings. The fourth-order valence-corrected chi connectivity index (χ4v) is 2.56. The molecule has 1 aliphatic heterocycles. The smallest absolute Gasteiger partial charge is 0.304 e. The molecule has 1 heterocycles. The number of amides is 1. The molecule has 0 aliphatic carbocycles. The number of aliphatic carboxylic acids is 1. The molecule has 0 bridgehead atoms. The van der Waals surface area contributed by atoms with Gasteiger partial charge in [0.05, 0.1) is 26.3 Å². The number of rotatable bonds is 4. The van der Waals surface area contributed by atoms with Gasteiger partial charge in [-0.1, -0.05) is 0 Å². The van der Waals surface area contributed by atoms with Crippen LogP contribution in [-0.2, 0) is 9.59 Å². The summed E-state index contributed by atoms with van der Waals surface area (Å²) in [4.78, 5) is 24.3. The summed E-state index contributed by atoms with van der Waals surface area (Å²) < 4.78 is 10.5. The van der Waals surface area contributed by atoms with Gasteiger partial charge in [-0.2, -0.15) is 0 Å². The average Bonchev–Trinajstić information content (AvgIpc) is 2.76. The molecule has 1 aliphatic rings. The topological polar surface area (TPSA) is 76.1 Å². The summed E-state index contributed by atoms with van der Waals surface area (Å²) in [5.74, 6) is -0.185. The van der Waals surface area contributed by atoms with Gasteiger partial charge in [0.25, 0.3) is 0 Å². The molecular weight excluding hydrogens is 262 g/mol. The molecule has 6 heteroatoms. The molecule has 0 aromatic heterocycles. The Morgan fingerprint density at radius 3 is 2.55 bits per heavy atom. The number of methoxy groups -OCH3 is 2. The highest BCUT2D eigenvalue weighted by Crippen LogP contribution is 2.46. The number of ether oxygens (including phenoxy) is 2. The predicted octanol–water partition coefficient (Wildman–Crippen LogP) is 1.63. The van der Waals surface area contributed by atoms with Crippen LogP contribution in [0, 0.1) is 0 Å². The third kappa shape index (κ3) is 2.41. The van der Waals surface area contributed by atoms with E-state index >= 15 is 0 Å². The first kappa shape index (κ1) is 14.2. The van der Waals surface area contributed by atoms with Crippen LogP contribution in [0.4, 0.5) is 5.69 Å². The summed E-state index contributed by atoms with van der Waals surface area (Å²) in [6.07, 6.45) is -0.0346. The minimum Gasteiger partial charge on any atom is -0.497 e. The van der Waals surface area contributed by atoms with Crippen molar-refractivity contribution in [2.24, 2.45) is 0 Å². The average molecular weight is 279 g/mol. The maximum atomic E-state index is 11.8. The number of anilines is 1. The molecule has 20 heavy (non-hydrogen) atoms. The number of carbonyl (C=O) groups excluding carboxylic acids is 1. The van der Waals surface area contributed by atoms with Crippen LogP contribution in [0.3, 0.4) is 0 Å². The van der Waals surface area contributed by atoms with E-state index in [1.54, 1.807) is 17.0 Å². The van der Waals surface area contributed by atoms with Gasteiger partial charge in [-0.05, 0) is 11.6 Å². The van der Waals surface area contributed by atoms with E-state index in [4.69, 9.17) is 14.6 Å². The van der Waals surface area contributed by atoms with Gasteiger partial charge in [0.2, 0.25) is 5.91 Å². The lowest BCUT2D eigenvalue weighted by molar-refractivity contribution is -0.137. The van der Waals surface area contributed by atoms with Gasteiger partial charge in [-0.15, -0.1) is 0 Å². The van der Waals surface area contributed by atoms with E-state index in [1.807, 2.05) is 0 Å². The zero-order valence-corrected chi connectivity index (χ0v) is 11.7. The molecular formula is C14H17NO5. The van der Waals surface area contributed by atoms with Crippen molar-refractivity contribution in [1.82, 2.24) is 0 Å². The third-order valence-electron chi connectivity index (χ3n) is 3.45. The molecule has 0 saturated heterocycles. The first-order chi connectivity index (χ1) is 9.47. The van der Waals surface area contributed by atoms with Crippen LogP contribution in [-0.4, -0.2) is 37.7 Å². The summed E-state index contributed by atoms with van der Waals surface area (Å²) in [5, 5.41) is 9.01. The number of carbonyl (C=O) groups is 2. The summed E-state index contributed by atoms with van der Waals surface area (Å²) in [7, 11) is 3.04. The molecule has 108 valence electrons. The monoisotopic (exact) mass is 279 g/mol. The zero-order chi connectivity index (χ0) is 14.9. The van der Waals surface area contributed by atoms with Crippen molar-refractivity contribution in [2.75, 3.05) is 25.7 Å². The maximum Gasteiger partial charge on any atom is 0.304 e. The first-order valence-corrected chi connectivity index (χ1v) is 6.23. The van der Waals surface area contributed by atoms with E-state index < -0.39 is 5.97 Å². The number of nitrogens with zero attached hydrogens (tertiary/aromatic N) is 1. The summed E-state index contributed by atoms with van der Waals surface area (Å²) >= 11 is 0. The lowest BCUT2D eigenvalue weighted by Gasteiger charge is -2.18. The molecule has 0 spiro atoms. The summed E-state index contributed by atoms with van der Waals surface area (Å²) in [6.45, 7) is 1.80. The molecule has 1 N–H and O–H groups in total. The third-order valence-corrected chi connectivity index (χ3v) is 3.45. The first-order valence-electron chi connectivity index (χ1n) is 6.23. The Hall–Kier alpha value is -2.24. The Bertz CT molecular complexity index is 555. The lowest BCUT2D eigenvalue weighted by atomic mass is 9.97. The van der Waals surface area contributed by atoms with Gasteiger partial charge in [0.1, 0.15) is 11.5 Å². The standard InChI is InChI=1S/C14H17NO5/c1-8(16)15-7-9(4-13(17)18)11-5-10(19-2)6-12(20-3)14(11)15/h5-6,9H,4,7H2,1-3H3,(H,17,18). The van der Waals surface area contributed by atoms with Crippen molar-refractivity contribution in [3.63, 3.8) is 0 Å². The van der Waals surface area contributed by atoms with E-state index in [-0.39, 0.29) is 18.2 Å². The second-order valence-electron chi connectivity index (χ2n) is 4.69. The Labute approximate surface area is 116 Å². The Kier molecular flexibility index (Phi) is 3.83. The van der Waals surface area contributed by atoms with Crippen LogP contribution in [0.5, 0.6) is 11.5 Å². The van der Waals surface area contributed by atoms with E-state index in [0.717, 1.165) is 5.56 Å². The highest BCUT2D eigenvalue weighted by atomic mass is 16.5. The van der Waals surface area contributed by atoms with Crippen molar-refractivity contribution < 1.29 is 24.2 Å². The van der Waals surface area contributed by atoms with Crippen LogP contribution < -0.4 is 14.4 Å². The van der Waals surface area contributed by atoms with Crippen LogP contribution in [0.2, 0.25) is 0 Å². The van der Waals surface area contributed by atoms with Crippen LogP contribution in [0.25, 0.3) is 0 Å². The predicted molar refractivity (Wildman–Crippen MR) is 72.6 cm³/mol. The maximum absolute atomic E-state index is 11.8. The zero-order valence-electron chi connectivity index (χ0n) is 11.7. The van der Waals surface area contributed by atoms with Crippen molar-refractivity contribution in [1.29, 1.82) is 0 Å². The van der Waals surface area contributed by atoms with Gasteiger partial charge >= 0.3 is 5.97 Å². The van der Waals surface area contributed by atoms with Gasteiger partial charge in [-0.3, -0.25) is 9.59 Å². The van der Waals surface area contributed by atoms with Gasteiger partial charge < -0.3 is 19.5 Å². The SMILES string of the molecule is COc1cc(OC)c2c(c1)C(CC(=O)O)CN2C(C)=O. The second-order valence-corrected chi connectivity index (χ2v) is 4.69. The molecule has 0 fully saturated rings. The molecule has 1 aromatic carbocycles.